The quantitative estimate of drug-likeness (QED) is 0.278. The minimum absolute atomic E-state index is 0. The summed E-state index contributed by atoms with van der Waals surface area (Å²) in [5, 5.41) is 7.57. The molecule has 0 saturated heterocycles. The maximum atomic E-state index is 5.49. The number of rotatable bonds is 10. The largest absolute Gasteiger partial charge is 0.493 e. The molecule has 7 nitrogen and oxygen atoms in total. The van der Waals surface area contributed by atoms with Crippen LogP contribution >= 0.6 is 24.0 Å². The van der Waals surface area contributed by atoms with Crippen LogP contribution in [-0.2, 0) is 13.0 Å². The number of aromatic nitrogens is 1. The van der Waals surface area contributed by atoms with Gasteiger partial charge in [-0.25, -0.2) is 0 Å². The van der Waals surface area contributed by atoms with Gasteiger partial charge in [-0.3, -0.25) is 4.99 Å². The maximum Gasteiger partial charge on any atom is 0.193 e. The first kappa shape index (κ1) is 26.1. The minimum Gasteiger partial charge on any atom is -0.493 e. The number of ether oxygens (including phenoxy) is 2. The Labute approximate surface area is 197 Å². The SMILES string of the molecule is CCC(CC)c1cc(CNC(=NC)N(C)CCc2ccc(OC)c(OC)c2)on1.I. The van der Waals surface area contributed by atoms with Crippen LogP contribution in [-0.4, -0.2) is 50.9 Å². The van der Waals surface area contributed by atoms with Crippen LogP contribution in [0.2, 0.25) is 0 Å². The van der Waals surface area contributed by atoms with Crippen molar-refractivity contribution in [2.24, 2.45) is 4.99 Å². The zero-order chi connectivity index (χ0) is 21.2. The molecule has 168 valence electrons. The topological polar surface area (TPSA) is 72.1 Å². The number of guanidine groups is 1. The van der Waals surface area contributed by atoms with Crippen molar-refractivity contribution in [3.8, 4) is 11.5 Å². The summed E-state index contributed by atoms with van der Waals surface area (Å²) in [6.45, 7) is 5.72. The molecule has 0 unspecified atom stereocenters. The fourth-order valence-electron chi connectivity index (χ4n) is 3.30. The summed E-state index contributed by atoms with van der Waals surface area (Å²) in [4.78, 5) is 6.47. The molecule has 30 heavy (non-hydrogen) atoms. The van der Waals surface area contributed by atoms with Crippen molar-refractivity contribution in [1.29, 1.82) is 0 Å². The van der Waals surface area contributed by atoms with E-state index in [1.54, 1.807) is 21.3 Å². The minimum atomic E-state index is 0. The lowest BCUT2D eigenvalue weighted by Gasteiger charge is -2.22. The van der Waals surface area contributed by atoms with Gasteiger partial charge in [-0.2, -0.15) is 0 Å². The number of hydrogen-bond acceptors (Lipinski definition) is 5. The van der Waals surface area contributed by atoms with Crippen molar-refractivity contribution >= 4 is 29.9 Å². The Hall–Kier alpha value is -1.97. The summed E-state index contributed by atoms with van der Waals surface area (Å²) < 4.78 is 16.2. The molecule has 1 N–H and O–H groups in total. The number of benzene rings is 1. The summed E-state index contributed by atoms with van der Waals surface area (Å²) in [5.41, 5.74) is 2.21. The Bertz CT molecular complexity index is 790. The van der Waals surface area contributed by atoms with Gasteiger partial charge in [0.25, 0.3) is 0 Å². The van der Waals surface area contributed by atoms with Gasteiger partial charge in [0.05, 0.1) is 26.5 Å². The highest BCUT2D eigenvalue weighted by atomic mass is 127. The Kier molecular flexibility index (Phi) is 11.6. The Morgan fingerprint density at radius 1 is 1.17 bits per heavy atom. The molecular weight excluding hydrogens is 495 g/mol. The number of likely N-dealkylation sites (N-methyl/N-ethyl adjacent to an activating group) is 1. The summed E-state index contributed by atoms with van der Waals surface area (Å²) >= 11 is 0. The van der Waals surface area contributed by atoms with E-state index in [1.165, 1.54) is 5.56 Å². The fourth-order valence-corrected chi connectivity index (χ4v) is 3.30. The van der Waals surface area contributed by atoms with Crippen molar-refractivity contribution in [3.63, 3.8) is 0 Å². The van der Waals surface area contributed by atoms with Crippen LogP contribution in [0.3, 0.4) is 0 Å². The van der Waals surface area contributed by atoms with Gasteiger partial charge < -0.3 is 24.2 Å². The van der Waals surface area contributed by atoms with Gasteiger partial charge in [-0.15, -0.1) is 24.0 Å². The molecule has 0 bridgehead atoms. The Balaban J connectivity index is 0.00000450. The van der Waals surface area contributed by atoms with E-state index in [2.05, 4.69) is 40.3 Å². The van der Waals surface area contributed by atoms with E-state index in [0.29, 0.717) is 12.5 Å². The third kappa shape index (κ3) is 7.07. The third-order valence-corrected chi connectivity index (χ3v) is 5.16. The number of nitrogens with zero attached hydrogens (tertiary/aromatic N) is 3. The molecule has 0 amide bonds. The lowest BCUT2D eigenvalue weighted by atomic mass is 9.99. The lowest BCUT2D eigenvalue weighted by molar-refractivity contribution is 0.354. The number of hydrogen-bond donors (Lipinski definition) is 1. The Morgan fingerprint density at radius 2 is 1.87 bits per heavy atom. The smallest absolute Gasteiger partial charge is 0.193 e. The first-order valence-corrected chi connectivity index (χ1v) is 10.1. The first-order valence-electron chi connectivity index (χ1n) is 10.1. The van der Waals surface area contributed by atoms with E-state index in [1.807, 2.05) is 25.2 Å². The summed E-state index contributed by atoms with van der Waals surface area (Å²) in [5.74, 6) is 3.57. The van der Waals surface area contributed by atoms with E-state index in [4.69, 9.17) is 14.0 Å². The highest BCUT2D eigenvalue weighted by molar-refractivity contribution is 14.0. The van der Waals surface area contributed by atoms with Gasteiger partial charge in [0.2, 0.25) is 0 Å². The molecule has 0 atom stereocenters. The monoisotopic (exact) mass is 530 g/mol. The van der Waals surface area contributed by atoms with E-state index in [9.17, 15) is 0 Å². The normalized spacial score (nSPS) is 11.2. The zero-order valence-electron chi connectivity index (χ0n) is 18.9. The average Bonchev–Trinajstić information content (AvgIpc) is 3.22. The van der Waals surface area contributed by atoms with Gasteiger partial charge in [-0.05, 0) is 37.0 Å². The van der Waals surface area contributed by atoms with Crippen LogP contribution in [0.4, 0.5) is 0 Å². The van der Waals surface area contributed by atoms with Crippen molar-refractivity contribution < 1.29 is 14.0 Å². The van der Waals surface area contributed by atoms with Gasteiger partial charge in [0.1, 0.15) is 0 Å². The second-order valence-electron chi connectivity index (χ2n) is 6.99. The molecule has 1 aromatic heterocycles. The predicted molar refractivity (Wildman–Crippen MR) is 131 cm³/mol. The molecule has 0 spiro atoms. The molecule has 0 radical (unpaired) electrons. The number of nitrogens with one attached hydrogen (secondary N) is 1. The predicted octanol–water partition coefficient (Wildman–Crippen LogP) is 4.46. The molecule has 2 aromatic rings. The molecule has 2 rings (SSSR count). The zero-order valence-corrected chi connectivity index (χ0v) is 21.2. The van der Waals surface area contributed by atoms with Crippen molar-refractivity contribution in [1.82, 2.24) is 15.4 Å². The molecule has 0 saturated carbocycles. The number of methoxy groups -OCH3 is 2. The summed E-state index contributed by atoms with van der Waals surface area (Å²) in [6, 6.07) is 8.04. The van der Waals surface area contributed by atoms with Crippen LogP contribution in [0, 0.1) is 0 Å². The number of aliphatic imine (C=N–C) groups is 1. The standard InChI is InChI=1S/C22H34N4O3.HI/c1-7-17(8-2)19-14-18(29-25-19)15-24-22(23-3)26(4)12-11-16-9-10-20(27-5)21(13-16)28-6;/h9-10,13-14,17H,7-8,11-12,15H2,1-6H3,(H,23,24);1H. The molecule has 0 aliphatic heterocycles. The van der Waals surface area contributed by atoms with Gasteiger partial charge >= 0.3 is 0 Å². The van der Waals surface area contributed by atoms with Crippen LogP contribution in [0.1, 0.15) is 49.6 Å². The highest BCUT2D eigenvalue weighted by Gasteiger charge is 2.14. The molecule has 8 heteroatoms. The average molecular weight is 530 g/mol. The van der Waals surface area contributed by atoms with Gasteiger partial charge in [0.15, 0.2) is 23.2 Å². The second kappa shape index (κ2) is 13.4. The van der Waals surface area contributed by atoms with Crippen LogP contribution in [0.15, 0.2) is 33.8 Å². The van der Waals surface area contributed by atoms with Crippen LogP contribution in [0.25, 0.3) is 0 Å². The summed E-state index contributed by atoms with van der Waals surface area (Å²) in [6.07, 6.45) is 2.99. The van der Waals surface area contributed by atoms with E-state index >= 15 is 0 Å². The van der Waals surface area contributed by atoms with Crippen LogP contribution < -0.4 is 14.8 Å². The van der Waals surface area contributed by atoms with Crippen LogP contribution in [0.5, 0.6) is 11.5 Å². The lowest BCUT2D eigenvalue weighted by Crippen LogP contribution is -2.39. The molecular formula is C22H35IN4O3. The van der Waals surface area contributed by atoms with Gasteiger partial charge in [-0.1, -0.05) is 25.1 Å². The molecule has 1 heterocycles. The van der Waals surface area contributed by atoms with Crippen molar-refractivity contribution in [2.45, 2.75) is 45.6 Å². The van der Waals surface area contributed by atoms with E-state index in [0.717, 1.165) is 54.7 Å². The fraction of sp³-hybridized carbons (Fsp3) is 0.545. The van der Waals surface area contributed by atoms with E-state index < -0.39 is 0 Å². The maximum absolute atomic E-state index is 5.49. The molecule has 0 aliphatic carbocycles. The van der Waals surface area contributed by atoms with Crippen molar-refractivity contribution in [3.05, 3.63) is 41.3 Å². The summed E-state index contributed by atoms with van der Waals surface area (Å²) in [7, 11) is 7.10. The van der Waals surface area contributed by atoms with E-state index in [-0.39, 0.29) is 24.0 Å². The first-order chi connectivity index (χ1) is 14.1. The molecule has 1 aromatic carbocycles. The molecule has 0 fully saturated rings. The number of halogens is 1. The highest BCUT2D eigenvalue weighted by Crippen LogP contribution is 2.27. The second-order valence-corrected chi connectivity index (χ2v) is 6.99. The Morgan fingerprint density at radius 3 is 2.47 bits per heavy atom. The van der Waals surface area contributed by atoms with Gasteiger partial charge in [0, 0.05) is 32.6 Å². The molecule has 0 aliphatic rings. The third-order valence-electron chi connectivity index (χ3n) is 5.16. The van der Waals surface area contributed by atoms with Crippen molar-refractivity contribution in [2.75, 3.05) is 34.9 Å².